The predicted octanol–water partition coefficient (Wildman–Crippen LogP) is 6.49. The number of rotatable bonds is 6. The van der Waals surface area contributed by atoms with Crippen molar-refractivity contribution in [2.75, 3.05) is 6.54 Å². The van der Waals surface area contributed by atoms with Gasteiger partial charge < -0.3 is 9.84 Å². The van der Waals surface area contributed by atoms with Crippen molar-refractivity contribution in [2.45, 2.75) is 63.5 Å². The smallest absolute Gasteiger partial charge is 0.309 e. The number of carboxylic acid groups (broad SMARTS) is 1. The van der Waals surface area contributed by atoms with Crippen molar-refractivity contribution in [2.24, 2.45) is 0 Å². The second-order valence-electron chi connectivity index (χ2n) is 8.15. The van der Waals surface area contributed by atoms with Crippen LogP contribution in [0.4, 0.5) is 4.39 Å². The fourth-order valence-corrected chi connectivity index (χ4v) is 4.55. The summed E-state index contributed by atoms with van der Waals surface area (Å²) in [7, 11) is 0. The van der Waals surface area contributed by atoms with Gasteiger partial charge in [-0.05, 0) is 82.0 Å². The lowest BCUT2D eigenvalue weighted by molar-refractivity contribution is -0.136. The van der Waals surface area contributed by atoms with E-state index in [4.69, 9.17) is 9.84 Å². The number of carboxylic acids is 1. The second-order valence-corrected chi connectivity index (χ2v) is 9.27. The van der Waals surface area contributed by atoms with Gasteiger partial charge in [-0.1, -0.05) is 6.42 Å². The molecule has 0 radical (unpaired) electrons. The molecule has 1 saturated heterocycles. The summed E-state index contributed by atoms with van der Waals surface area (Å²) in [5, 5.41) is 15.6. The van der Waals surface area contributed by atoms with Crippen LogP contribution in [-0.2, 0) is 11.2 Å². The molecule has 0 bridgehead atoms. The summed E-state index contributed by atoms with van der Waals surface area (Å²) in [6.07, 6.45) is 4.13. The van der Waals surface area contributed by atoms with Crippen LogP contribution in [0.3, 0.4) is 0 Å². The minimum atomic E-state index is -0.945. The first-order chi connectivity index (χ1) is 16.3. The van der Waals surface area contributed by atoms with Gasteiger partial charge in [0.25, 0.3) is 0 Å². The quantitative estimate of drug-likeness (QED) is 0.306. The number of hydrogen-bond donors (Lipinski definition) is 2. The molecule has 2 heterocycles. The largest absolute Gasteiger partial charge is 0.491 e. The fraction of sp³-hybridized carbons (Fsp3) is 0.385. The Bertz CT molecular complexity index is 1040. The third-order valence-electron chi connectivity index (χ3n) is 5.08. The molecule has 4 rings (SSSR count). The zero-order valence-corrected chi connectivity index (χ0v) is 20.9. The molecular weight excluding hydrogens is 453 g/mol. The van der Waals surface area contributed by atoms with E-state index >= 15 is 0 Å². The number of nitrogens with zero attached hydrogens (tertiary/aromatic N) is 2. The molecule has 1 fully saturated rings. The highest BCUT2D eigenvalue weighted by Gasteiger charge is 2.19. The van der Waals surface area contributed by atoms with E-state index in [1.54, 1.807) is 0 Å². The molecule has 2 N–H and O–H groups in total. The molecule has 0 saturated carbocycles. The van der Waals surface area contributed by atoms with Gasteiger partial charge in [-0.15, -0.1) is 13.2 Å². The molecule has 1 atom stereocenters. The molecule has 1 aliphatic heterocycles. The minimum Gasteiger partial charge on any atom is -0.491 e. The van der Waals surface area contributed by atoms with E-state index in [2.05, 4.69) is 72.7 Å². The Labute approximate surface area is 205 Å². The predicted molar refractivity (Wildman–Crippen MR) is 137 cm³/mol. The molecular formula is C26H34FN3O3S. The van der Waals surface area contributed by atoms with Gasteiger partial charge >= 0.3 is 5.97 Å². The van der Waals surface area contributed by atoms with E-state index in [9.17, 15) is 9.18 Å². The van der Waals surface area contributed by atoms with Crippen LogP contribution in [0, 0.1) is 5.82 Å². The maximum atomic E-state index is 12.7. The molecule has 2 aromatic carbocycles. The summed E-state index contributed by atoms with van der Waals surface area (Å²) in [4.78, 5) is 11.8. The standard InChI is InChI=1S/C15H23NOS.C9H7FN2O2.C2H4/c1-12(2)17-14-7-9-15(10-8-14)18-16-11-5-4-6-13(16)3;10-5-1-2-6-7(3-5)11-12-8(6)4-9(13)14;1-2/h7-10,12-13H,4-6,11H2,1-3H3;1-3H,4H2,(H,11,12)(H,13,14);1-2H2/t13-;;/m1../s1. The highest BCUT2D eigenvalue weighted by molar-refractivity contribution is 7.97. The molecule has 8 heteroatoms. The maximum absolute atomic E-state index is 12.7. The molecule has 6 nitrogen and oxygen atoms in total. The first-order valence-corrected chi connectivity index (χ1v) is 12.1. The van der Waals surface area contributed by atoms with E-state index < -0.39 is 5.97 Å². The summed E-state index contributed by atoms with van der Waals surface area (Å²) in [6, 6.07) is 13.2. The number of hydrogen-bond acceptors (Lipinski definition) is 5. The number of piperidine rings is 1. The Kier molecular flexibility index (Phi) is 11.1. The van der Waals surface area contributed by atoms with Gasteiger partial charge in [-0.2, -0.15) is 5.10 Å². The third-order valence-corrected chi connectivity index (χ3v) is 6.34. The Balaban J connectivity index is 0.000000230. The van der Waals surface area contributed by atoms with Crippen LogP contribution < -0.4 is 4.74 Å². The topological polar surface area (TPSA) is 78.5 Å². The van der Waals surface area contributed by atoms with Crippen molar-refractivity contribution in [3.05, 3.63) is 67.1 Å². The molecule has 0 amide bonds. The van der Waals surface area contributed by atoms with Gasteiger partial charge in [-0.25, -0.2) is 8.70 Å². The molecule has 1 aromatic heterocycles. The van der Waals surface area contributed by atoms with Crippen molar-refractivity contribution in [1.82, 2.24) is 14.5 Å². The molecule has 184 valence electrons. The number of ether oxygens (including phenoxy) is 1. The number of aromatic amines is 1. The first kappa shape index (κ1) is 27.4. The molecule has 34 heavy (non-hydrogen) atoms. The number of fused-ring (bicyclic) bond motifs is 1. The molecule has 0 unspecified atom stereocenters. The fourth-order valence-electron chi connectivity index (χ4n) is 3.52. The van der Waals surface area contributed by atoms with Crippen LogP contribution in [-0.4, -0.2) is 44.3 Å². The third kappa shape index (κ3) is 8.50. The summed E-state index contributed by atoms with van der Waals surface area (Å²) >= 11 is 1.88. The summed E-state index contributed by atoms with van der Waals surface area (Å²) in [5.74, 6) is -0.369. The number of benzene rings is 2. The van der Waals surface area contributed by atoms with Crippen molar-refractivity contribution in [3.63, 3.8) is 0 Å². The summed E-state index contributed by atoms with van der Waals surface area (Å²) in [6.45, 7) is 13.6. The Morgan fingerprint density at radius 1 is 1.26 bits per heavy atom. The average molecular weight is 488 g/mol. The van der Waals surface area contributed by atoms with Gasteiger partial charge in [0.15, 0.2) is 0 Å². The average Bonchev–Trinajstić information content (AvgIpc) is 3.19. The Morgan fingerprint density at radius 2 is 1.97 bits per heavy atom. The van der Waals surface area contributed by atoms with Crippen molar-refractivity contribution < 1.29 is 19.0 Å². The number of halogens is 1. The zero-order valence-electron chi connectivity index (χ0n) is 20.1. The maximum Gasteiger partial charge on any atom is 0.309 e. The lowest BCUT2D eigenvalue weighted by atomic mass is 10.1. The molecule has 0 spiro atoms. The van der Waals surface area contributed by atoms with Crippen LogP contribution in [0.1, 0.15) is 45.7 Å². The summed E-state index contributed by atoms with van der Waals surface area (Å²) < 4.78 is 20.9. The van der Waals surface area contributed by atoms with Gasteiger partial charge in [0.1, 0.15) is 11.6 Å². The van der Waals surface area contributed by atoms with Gasteiger partial charge in [0.2, 0.25) is 0 Å². The first-order valence-electron chi connectivity index (χ1n) is 11.4. The number of aliphatic carboxylic acids is 1. The van der Waals surface area contributed by atoms with Crippen LogP contribution in [0.5, 0.6) is 5.75 Å². The minimum absolute atomic E-state index is 0.137. The Hall–Kier alpha value is -2.84. The number of H-pyrrole nitrogens is 1. The molecule has 3 aromatic rings. The number of nitrogens with one attached hydrogen (secondary N) is 1. The van der Waals surface area contributed by atoms with Crippen LogP contribution in [0.2, 0.25) is 0 Å². The summed E-state index contributed by atoms with van der Waals surface area (Å²) in [5.41, 5.74) is 0.939. The molecule has 1 aliphatic rings. The van der Waals surface area contributed by atoms with Crippen LogP contribution in [0.15, 0.2) is 60.5 Å². The van der Waals surface area contributed by atoms with E-state index in [0.29, 0.717) is 22.6 Å². The number of aromatic nitrogens is 2. The lowest BCUT2D eigenvalue weighted by Gasteiger charge is -2.31. The Morgan fingerprint density at radius 3 is 2.59 bits per heavy atom. The number of carbonyl (C=O) groups is 1. The normalized spacial score (nSPS) is 15.7. The van der Waals surface area contributed by atoms with Crippen molar-refractivity contribution in [1.29, 1.82) is 0 Å². The SMILES string of the molecule is C=C.CC(C)Oc1ccc(SN2CCCC[C@H]2C)cc1.O=C(O)Cc1[nH]nc2cc(F)ccc12. The van der Waals surface area contributed by atoms with Crippen LogP contribution >= 0.6 is 11.9 Å². The molecule has 0 aliphatic carbocycles. The highest BCUT2D eigenvalue weighted by atomic mass is 32.2. The van der Waals surface area contributed by atoms with Crippen LogP contribution in [0.25, 0.3) is 10.9 Å². The monoisotopic (exact) mass is 487 g/mol. The van der Waals surface area contributed by atoms with E-state index in [1.807, 2.05) is 11.9 Å². The van der Waals surface area contributed by atoms with E-state index in [1.165, 1.54) is 48.9 Å². The second kappa shape index (κ2) is 13.8. The zero-order chi connectivity index (χ0) is 25.1. The van der Waals surface area contributed by atoms with Gasteiger partial charge in [0, 0.05) is 28.9 Å². The van der Waals surface area contributed by atoms with E-state index in [0.717, 1.165) is 5.75 Å². The van der Waals surface area contributed by atoms with Crippen molar-refractivity contribution in [3.8, 4) is 5.75 Å². The van der Waals surface area contributed by atoms with Crippen molar-refractivity contribution >= 4 is 28.8 Å². The lowest BCUT2D eigenvalue weighted by Crippen LogP contribution is -2.31. The highest BCUT2D eigenvalue weighted by Crippen LogP contribution is 2.31. The van der Waals surface area contributed by atoms with Gasteiger partial charge in [-0.3, -0.25) is 9.89 Å². The van der Waals surface area contributed by atoms with E-state index in [-0.39, 0.29) is 18.3 Å². The van der Waals surface area contributed by atoms with Gasteiger partial charge in [0.05, 0.1) is 23.7 Å².